The molecule has 1 amide bonds. The zero-order chi connectivity index (χ0) is 12.8. The number of nitrogens with zero attached hydrogens (tertiary/aromatic N) is 1. The fourth-order valence-corrected chi connectivity index (χ4v) is 1.63. The van der Waals surface area contributed by atoms with E-state index in [1.165, 1.54) is 5.56 Å². The van der Waals surface area contributed by atoms with Gasteiger partial charge in [0.05, 0.1) is 12.1 Å². The maximum atomic E-state index is 11.4. The molecule has 1 aromatic rings. The van der Waals surface area contributed by atoms with Crippen LogP contribution in [0.1, 0.15) is 18.5 Å². The van der Waals surface area contributed by atoms with Gasteiger partial charge in [-0.25, -0.2) is 0 Å². The minimum Gasteiger partial charge on any atom is -0.353 e. The van der Waals surface area contributed by atoms with E-state index in [9.17, 15) is 4.79 Å². The Morgan fingerprint density at radius 2 is 1.79 bits per heavy atom. The number of rotatable bonds is 5. The molecule has 6 heteroatoms. The highest BCUT2D eigenvalue weighted by atomic mass is 35.5. The zero-order valence-electron chi connectivity index (χ0n) is 11.5. The highest BCUT2D eigenvalue weighted by Crippen LogP contribution is 2.16. The first-order valence-corrected chi connectivity index (χ1v) is 5.77. The average molecular weight is 308 g/mol. The smallest absolute Gasteiger partial charge is 0.236 e. The van der Waals surface area contributed by atoms with Crippen LogP contribution in [0.2, 0.25) is 0 Å². The van der Waals surface area contributed by atoms with Crippen molar-refractivity contribution in [1.29, 1.82) is 0 Å². The van der Waals surface area contributed by atoms with Crippen LogP contribution in [-0.4, -0.2) is 37.5 Å². The maximum absolute atomic E-state index is 11.4. The fourth-order valence-electron chi connectivity index (χ4n) is 1.63. The molecule has 110 valence electrons. The topological polar surface area (TPSA) is 58.4 Å². The van der Waals surface area contributed by atoms with Crippen molar-refractivity contribution < 1.29 is 4.79 Å². The second kappa shape index (κ2) is 10.0. The van der Waals surface area contributed by atoms with E-state index in [1.807, 2.05) is 32.3 Å². The molecule has 0 bridgehead atoms. The van der Waals surface area contributed by atoms with Gasteiger partial charge in [-0.15, -0.1) is 24.8 Å². The molecule has 2 atom stereocenters. The molecule has 1 rings (SSSR count). The van der Waals surface area contributed by atoms with E-state index < -0.39 is 6.04 Å². The Morgan fingerprint density at radius 3 is 2.21 bits per heavy atom. The van der Waals surface area contributed by atoms with Gasteiger partial charge in [-0.2, -0.15) is 0 Å². The molecule has 3 N–H and O–H groups in total. The van der Waals surface area contributed by atoms with E-state index in [0.29, 0.717) is 6.54 Å². The Kier molecular flexibility index (Phi) is 10.8. The number of hydrogen-bond donors (Lipinski definition) is 2. The van der Waals surface area contributed by atoms with Gasteiger partial charge in [-0.3, -0.25) is 4.79 Å². The van der Waals surface area contributed by atoms with E-state index in [1.54, 1.807) is 6.92 Å². The third-order valence-electron chi connectivity index (χ3n) is 2.69. The standard InChI is InChI=1S/C13H21N3O.2ClH/c1-10(14)13(17)15-9-12(16(2)3)11-7-5-4-6-8-11;;/h4-8,10,12H,9,14H2,1-3H3,(H,15,17);2*1H. The van der Waals surface area contributed by atoms with Crippen LogP contribution in [0.4, 0.5) is 0 Å². The van der Waals surface area contributed by atoms with E-state index in [4.69, 9.17) is 5.73 Å². The molecule has 0 aromatic heterocycles. The fraction of sp³-hybridized carbons (Fsp3) is 0.462. The largest absolute Gasteiger partial charge is 0.353 e. The third kappa shape index (κ3) is 6.78. The number of hydrogen-bond acceptors (Lipinski definition) is 3. The van der Waals surface area contributed by atoms with Crippen molar-refractivity contribution in [2.75, 3.05) is 20.6 Å². The average Bonchev–Trinajstić information content (AvgIpc) is 2.29. The minimum absolute atomic E-state index is 0. The van der Waals surface area contributed by atoms with E-state index in [2.05, 4.69) is 22.3 Å². The van der Waals surface area contributed by atoms with Crippen molar-refractivity contribution in [2.45, 2.75) is 19.0 Å². The van der Waals surface area contributed by atoms with E-state index >= 15 is 0 Å². The van der Waals surface area contributed by atoms with Gasteiger partial charge in [0.15, 0.2) is 0 Å². The predicted octanol–water partition coefficient (Wildman–Crippen LogP) is 1.60. The number of nitrogens with two attached hydrogens (primary N) is 1. The predicted molar refractivity (Wildman–Crippen MR) is 84.0 cm³/mol. The summed E-state index contributed by atoms with van der Waals surface area (Å²) >= 11 is 0. The maximum Gasteiger partial charge on any atom is 0.236 e. The lowest BCUT2D eigenvalue weighted by molar-refractivity contribution is -0.122. The lowest BCUT2D eigenvalue weighted by Crippen LogP contribution is -2.42. The van der Waals surface area contributed by atoms with Crippen LogP contribution in [-0.2, 0) is 4.79 Å². The van der Waals surface area contributed by atoms with Crippen LogP contribution >= 0.6 is 24.8 Å². The molecule has 19 heavy (non-hydrogen) atoms. The first-order chi connectivity index (χ1) is 8.02. The molecule has 0 aliphatic carbocycles. The zero-order valence-corrected chi connectivity index (χ0v) is 13.1. The van der Waals surface area contributed by atoms with Gasteiger partial charge >= 0.3 is 0 Å². The molecular weight excluding hydrogens is 285 g/mol. The van der Waals surface area contributed by atoms with Crippen LogP contribution in [0.3, 0.4) is 0 Å². The Labute approximate surface area is 127 Å². The van der Waals surface area contributed by atoms with Gasteiger partial charge in [0.25, 0.3) is 0 Å². The second-order valence-corrected chi connectivity index (χ2v) is 4.42. The number of carbonyl (C=O) groups excluding carboxylic acids is 1. The van der Waals surface area contributed by atoms with E-state index in [-0.39, 0.29) is 36.8 Å². The summed E-state index contributed by atoms with van der Waals surface area (Å²) in [5.41, 5.74) is 6.69. The Balaban J connectivity index is 0. The molecule has 0 aliphatic heterocycles. The third-order valence-corrected chi connectivity index (χ3v) is 2.69. The molecule has 0 saturated heterocycles. The summed E-state index contributed by atoms with van der Waals surface area (Å²) in [7, 11) is 3.99. The number of amides is 1. The molecule has 0 radical (unpaired) electrons. The van der Waals surface area contributed by atoms with Crippen molar-refractivity contribution >= 4 is 30.7 Å². The SMILES string of the molecule is CC(N)C(=O)NCC(c1ccccc1)N(C)C.Cl.Cl. The summed E-state index contributed by atoms with van der Waals surface area (Å²) in [6, 6.07) is 9.80. The molecule has 0 spiro atoms. The highest BCUT2D eigenvalue weighted by Gasteiger charge is 2.15. The van der Waals surface area contributed by atoms with Gasteiger partial charge in [0.1, 0.15) is 0 Å². The number of benzene rings is 1. The summed E-state index contributed by atoms with van der Waals surface area (Å²) < 4.78 is 0. The molecule has 0 heterocycles. The molecule has 0 saturated carbocycles. The summed E-state index contributed by atoms with van der Waals surface area (Å²) in [6.07, 6.45) is 0. The van der Waals surface area contributed by atoms with Crippen molar-refractivity contribution in [3.05, 3.63) is 35.9 Å². The summed E-state index contributed by atoms with van der Waals surface area (Å²) in [5.74, 6) is -0.118. The van der Waals surface area contributed by atoms with Crippen LogP contribution in [0, 0.1) is 0 Å². The Hall–Kier alpha value is -0.810. The number of nitrogens with one attached hydrogen (secondary N) is 1. The lowest BCUT2D eigenvalue weighted by atomic mass is 10.1. The Bertz CT molecular complexity index is 358. The van der Waals surface area contributed by atoms with Gasteiger partial charge in [-0.1, -0.05) is 30.3 Å². The minimum atomic E-state index is -0.464. The number of likely N-dealkylation sites (N-methyl/N-ethyl adjacent to an activating group) is 1. The van der Waals surface area contributed by atoms with Gasteiger partial charge < -0.3 is 16.0 Å². The van der Waals surface area contributed by atoms with Gasteiger partial charge in [-0.05, 0) is 26.6 Å². The van der Waals surface area contributed by atoms with Crippen LogP contribution in [0.25, 0.3) is 0 Å². The molecule has 0 aliphatic rings. The normalized spacial score (nSPS) is 12.9. The number of halogens is 2. The lowest BCUT2D eigenvalue weighted by Gasteiger charge is -2.25. The number of carbonyl (C=O) groups is 1. The van der Waals surface area contributed by atoms with Crippen molar-refractivity contribution in [3.8, 4) is 0 Å². The molecule has 4 nitrogen and oxygen atoms in total. The highest BCUT2D eigenvalue weighted by molar-refractivity contribution is 5.85. The molecule has 2 unspecified atom stereocenters. The molecular formula is C13H23Cl2N3O. The monoisotopic (exact) mass is 307 g/mol. The van der Waals surface area contributed by atoms with Crippen molar-refractivity contribution in [3.63, 3.8) is 0 Å². The molecule has 1 aromatic carbocycles. The van der Waals surface area contributed by atoms with Crippen molar-refractivity contribution in [1.82, 2.24) is 10.2 Å². The van der Waals surface area contributed by atoms with Gasteiger partial charge in [0, 0.05) is 6.54 Å². The summed E-state index contributed by atoms with van der Waals surface area (Å²) in [5, 5.41) is 2.86. The first-order valence-electron chi connectivity index (χ1n) is 5.77. The van der Waals surface area contributed by atoms with Crippen LogP contribution in [0.5, 0.6) is 0 Å². The second-order valence-electron chi connectivity index (χ2n) is 4.42. The van der Waals surface area contributed by atoms with Crippen molar-refractivity contribution in [2.24, 2.45) is 5.73 Å². The van der Waals surface area contributed by atoms with Crippen LogP contribution in [0.15, 0.2) is 30.3 Å². The first kappa shape index (κ1) is 20.5. The summed E-state index contributed by atoms with van der Waals surface area (Å²) in [6.45, 7) is 2.25. The van der Waals surface area contributed by atoms with Gasteiger partial charge in [0.2, 0.25) is 5.91 Å². The summed E-state index contributed by atoms with van der Waals surface area (Å²) in [4.78, 5) is 13.5. The van der Waals surface area contributed by atoms with Crippen LogP contribution < -0.4 is 11.1 Å². The molecule has 0 fully saturated rings. The Morgan fingerprint density at radius 1 is 1.26 bits per heavy atom. The quantitative estimate of drug-likeness (QED) is 0.868. The van der Waals surface area contributed by atoms with E-state index in [0.717, 1.165) is 0 Å².